The number of rotatable bonds is 6. The summed E-state index contributed by atoms with van der Waals surface area (Å²) < 4.78 is 25.3. The highest BCUT2D eigenvalue weighted by molar-refractivity contribution is 7.37. The Morgan fingerprint density at radius 2 is 1.06 bits per heavy atom. The standard InChI is InChI=1S/C20H18.C7H13F2P.C2H6/c1-20(17-11-5-2-6-12-17,18-13-7-3-8-14-18)19-15-9-4-10-16-19;1-3-6(5-10-2)4-7(6,8)9;1-2/h2-16H,1H3;10H,3-5H2,1-2H3;1-2H3. The van der Waals surface area contributed by atoms with E-state index in [1.54, 1.807) is 0 Å². The molecule has 0 amide bonds. The molecule has 1 fully saturated rings. The molecule has 3 heteroatoms. The van der Waals surface area contributed by atoms with Crippen molar-refractivity contribution in [2.45, 2.75) is 51.9 Å². The van der Waals surface area contributed by atoms with Gasteiger partial charge < -0.3 is 0 Å². The van der Waals surface area contributed by atoms with Crippen LogP contribution in [0.3, 0.4) is 0 Å². The fourth-order valence-corrected chi connectivity index (χ4v) is 5.54. The maximum atomic E-state index is 12.6. The minimum Gasteiger partial charge on any atom is -0.206 e. The third-order valence-electron chi connectivity index (χ3n) is 6.46. The summed E-state index contributed by atoms with van der Waals surface area (Å²) in [5.74, 6) is -2.33. The molecule has 0 saturated heterocycles. The predicted octanol–water partition coefficient (Wildman–Crippen LogP) is 8.80. The summed E-state index contributed by atoms with van der Waals surface area (Å²) in [7, 11) is 0.665. The van der Waals surface area contributed by atoms with Gasteiger partial charge in [0.15, 0.2) is 0 Å². The fourth-order valence-electron chi connectivity index (χ4n) is 4.23. The third kappa shape index (κ3) is 5.65. The highest BCUT2D eigenvalue weighted by atomic mass is 31.1. The summed E-state index contributed by atoms with van der Waals surface area (Å²) in [6, 6.07) is 32.1. The molecule has 2 unspecified atom stereocenters. The Hall–Kier alpha value is -2.05. The average Bonchev–Trinajstić information content (AvgIpc) is 3.42. The van der Waals surface area contributed by atoms with Crippen LogP contribution in [0.1, 0.15) is 57.2 Å². The summed E-state index contributed by atoms with van der Waals surface area (Å²) >= 11 is 0. The Morgan fingerprint density at radius 3 is 1.25 bits per heavy atom. The van der Waals surface area contributed by atoms with Crippen LogP contribution in [0.4, 0.5) is 8.78 Å². The lowest BCUT2D eigenvalue weighted by Gasteiger charge is -2.31. The van der Waals surface area contributed by atoms with Crippen LogP contribution in [0.5, 0.6) is 0 Å². The molecular weight excluding hydrogens is 417 g/mol. The first-order valence-electron chi connectivity index (χ1n) is 11.6. The zero-order chi connectivity index (χ0) is 23.7. The van der Waals surface area contributed by atoms with Gasteiger partial charge in [-0.15, -0.1) is 8.58 Å². The first-order valence-corrected chi connectivity index (χ1v) is 13.3. The largest absolute Gasteiger partial charge is 0.254 e. The molecule has 0 N–H and O–H groups in total. The monoisotopic (exact) mass is 454 g/mol. The Balaban J connectivity index is 0.000000255. The van der Waals surface area contributed by atoms with E-state index in [2.05, 4.69) is 97.9 Å². The first-order chi connectivity index (χ1) is 15.4. The van der Waals surface area contributed by atoms with Crippen LogP contribution in [0.25, 0.3) is 0 Å². The van der Waals surface area contributed by atoms with Gasteiger partial charge >= 0.3 is 0 Å². The van der Waals surface area contributed by atoms with Crippen LogP contribution in [0.2, 0.25) is 0 Å². The smallest absolute Gasteiger partial charge is 0.206 e. The molecule has 0 heterocycles. The van der Waals surface area contributed by atoms with Crippen LogP contribution in [-0.2, 0) is 5.41 Å². The predicted molar refractivity (Wildman–Crippen MR) is 138 cm³/mol. The van der Waals surface area contributed by atoms with Crippen molar-refractivity contribution in [2.24, 2.45) is 5.41 Å². The van der Waals surface area contributed by atoms with Gasteiger partial charge in [-0.2, -0.15) is 0 Å². The topological polar surface area (TPSA) is 0 Å². The average molecular weight is 455 g/mol. The van der Waals surface area contributed by atoms with E-state index in [4.69, 9.17) is 0 Å². The minimum absolute atomic E-state index is 0.121. The van der Waals surface area contributed by atoms with Gasteiger partial charge in [-0.05, 0) is 42.9 Å². The lowest BCUT2D eigenvalue weighted by Crippen LogP contribution is -2.25. The number of halogens is 2. The maximum absolute atomic E-state index is 12.6. The van der Waals surface area contributed by atoms with Crippen molar-refractivity contribution in [2.75, 3.05) is 12.8 Å². The Morgan fingerprint density at radius 1 is 0.750 bits per heavy atom. The zero-order valence-electron chi connectivity index (χ0n) is 20.0. The zero-order valence-corrected chi connectivity index (χ0v) is 21.0. The second-order valence-electron chi connectivity index (χ2n) is 8.27. The summed E-state index contributed by atoms with van der Waals surface area (Å²) in [5.41, 5.74) is 3.25. The molecule has 3 aromatic rings. The molecule has 2 atom stereocenters. The van der Waals surface area contributed by atoms with Crippen molar-refractivity contribution in [1.82, 2.24) is 0 Å². The van der Waals surface area contributed by atoms with Gasteiger partial charge in [0.05, 0.1) is 0 Å². The van der Waals surface area contributed by atoms with Crippen molar-refractivity contribution in [3.8, 4) is 0 Å². The molecule has 0 radical (unpaired) electrons. The van der Waals surface area contributed by atoms with Crippen molar-refractivity contribution in [1.29, 1.82) is 0 Å². The molecule has 0 aliphatic heterocycles. The van der Waals surface area contributed by atoms with Gasteiger partial charge in [-0.1, -0.05) is 112 Å². The molecule has 0 nitrogen and oxygen atoms in total. The molecule has 1 aliphatic rings. The van der Waals surface area contributed by atoms with Gasteiger partial charge in [0, 0.05) is 17.3 Å². The second kappa shape index (κ2) is 11.7. The van der Waals surface area contributed by atoms with Crippen LogP contribution < -0.4 is 0 Å². The summed E-state index contributed by atoms with van der Waals surface area (Å²) in [4.78, 5) is 0. The highest BCUT2D eigenvalue weighted by Crippen LogP contribution is 2.64. The SMILES string of the molecule is CC.CC(c1ccccc1)(c1ccccc1)c1ccccc1.CCC1(CPC)CC1(F)F. The molecule has 1 aliphatic carbocycles. The Bertz CT molecular complexity index is 813. The number of hydrogen-bond donors (Lipinski definition) is 0. The van der Waals surface area contributed by atoms with E-state index in [1.807, 2.05) is 27.4 Å². The molecule has 4 rings (SSSR count). The van der Waals surface area contributed by atoms with E-state index in [9.17, 15) is 8.78 Å². The van der Waals surface area contributed by atoms with E-state index in [-0.39, 0.29) is 11.8 Å². The molecule has 0 aromatic heterocycles. The molecule has 3 aromatic carbocycles. The molecule has 172 valence electrons. The lowest BCUT2D eigenvalue weighted by atomic mass is 9.71. The van der Waals surface area contributed by atoms with E-state index in [1.165, 1.54) is 16.7 Å². The van der Waals surface area contributed by atoms with Gasteiger partial charge in [0.2, 0.25) is 0 Å². The maximum Gasteiger partial charge on any atom is 0.254 e. The van der Waals surface area contributed by atoms with Gasteiger partial charge in [0.25, 0.3) is 5.92 Å². The molecule has 32 heavy (non-hydrogen) atoms. The minimum atomic E-state index is -2.33. The second-order valence-corrected chi connectivity index (χ2v) is 9.33. The number of benzene rings is 3. The number of hydrogen-bond acceptors (Lipinski definition) is 0. The molecule has 0 bridgehead atoms. The highest BCUT2D eigenvalue weighted by Gasteiger charge is 2.68. The fraction of sp³-hybridized carbons (Fsp3) is 0.379. The van der Waals surface area contributed by atoms with E-state index >= 15 is 0 Å². The van der Waals surface area contributed by atoms with Crippen LogP contribution in [-0.4, -0.2) is 18.7 Å². The molecule has 0 spiro atoms. The van der Waals surface area contributed by atoms with Crippen LogP contribution in [0, 0.1) is 5.41 Å². The van der Waals surface area contributed by atoms with Crippen LogP contribution in [0.15, 0.2) is 91.0 Å². The molecule has 1 saturated carbocycles. The lowest BCUT2D eigenvalue weighted by molar-refractivity contribution is 0.0702. The van der Waals surface area contributed by atoms with Gasteiger partial charge in [0.1, 0.15) is 0 Å². The van der Waals surface area contributed by atoms with Crippen molar-refractivity contribution in [3.05, 3.63) is 108 Å². The quantitative estimate of drug-likeness (QED) is 0.258. The van der Waals surface area contributed by atoms with Gasteiger partial charge in [-0.25, -0.2) is 8.78 Å². The van der Waals surface area contributed by atoms with E-state index in [0.717, 1.165) is 6.16 Å². The Kier molecular flexibility index (Phi) is 9.59. The van der Waals surface area contributed by atoms with Gasteiger partial charge in [-0.3, -0.25) is 0 Å². The summed E-state index contributed by atoms with van der Waals surface area (Å²) in [6.07, 6.45) is 1.49. The van der Waals surface area contributed by atoms with E-state index in [0.29, 0.717) is 15.0 Å². The van der Waals surface area contributed by atoms with Crippen molar-refractivity contribution in [3.63, 3.8) is 0 Å². The van der Waals surface area contributed by atoms with Crippen molar-refractivity contribution < 1.29 is 8.78 Å². The summed E-state index contributed by atoms with van der Waals surface area (Å²) in [5, 5.41) is 0. The normalized spacial score (nSPS) is 18.8. The van der Waals surface area contributed by atoms with E-state index < -0.39 is 11.3 Å². The number of alkyl halides is 2. The third-order valence-corrected chi connectivity index (χ3v) is 7.49. The summed E-state index contributed by atoms with van der Waals surface area (Å²) in [6.45, 7) is 10.2. The Labute approximate surface area is 195 Å². The van der Waals surface area contributed by atoms with Crippen LogP contribution >= 0.6 is 8.58 Å². The molecular formula is C29H37F2P. The van der Waals surface area contributed by atoms with Crippen molar-refractivity contribution >= 4 is 8.58 Å². The first kappa shape index (κ1) is 26.2.